The van der Waals surface area contributed by atoms with Gasteiger partial charge in [-0.3, -0.25) is 4.79 Å². The summed E-state index contributed by atoms with van der Waals surface area (Å²) in [6.07, 6.45) is 3.92. The Morgan fingerprint density at radius 2 is 2.16 bits per heavy atom. The van der Waals surface area contributed by atoms with E-state index in [0.29, 0.717) is 5.02 Å². The third kappa shape index (κ3) is 3.41. The van der Waals surface area contributed by atoms with Crippen LogP contribution in [0, 0.1) is 0 Å². The molecule has 2 nitrogen and oxygen atoms in total. The molecule has 102 valence electrons. The Hall–Kier alpha value is -1.22. The molecular weight excluding hydrogens is 265 g/mol. The Balaban J connectivity index is 2.37. The van der Waals surface area contributed by atoms with Gasteiger partial charge < -0.3 is 0 Å². The molecule has 2 rings (SSSR count). The molecule has 0 heterocycles. The molecule has 1 aromatic rings. The fourth-order valence-corrected chi connectivity index (χ4v) is 2.80. The van der Waals surface area contributed by atoms with Crippen LogP contribution < -0.4 is 0 Å². The molecule has 0 amide bonds. The van der Waals surface area contributed by atoms with Crippen molar-refractivity contribution in [2.75, 3.05) is 0 Å². The molecule has 4 heteroatoms. The number of carbonyl (C=O) groups excluding carboxylic acids is 1. The summed E-state index contributed by atoms with van der Waals surface area (Å²) in [7, 11) is 0. The van der Waals surface area contributed by atoms with Crippen LogP contribution in [0.2, 0.25) is 5.02 Å². The van der Waals surface area contributed by atoms with Gasteiger partial charge in [0.15, 0.2) is 6.29 Å². The van der Waals surface area contributed by atoms with Gasteiger partial charge in [0.1, 0.15) is 0 Å². The Labute approximate surface area is 117 Å². The maximum Gasteiger partial charge on any atom is 0.252 e. The van der Waals surface area contributed by atoms with Gasteiger partial charge in [-0.25, -0.2) is 9.38 Å². The molecular formula is C15H17ClFNO. The molecule has 1 aromatic carbocycles. The van der Waals surface area contributed by atoms with Crippen LogP contribution in [-0.4, -0.2) is 17.8 Å². The van der Waals surface area contributed by atoms with Crippen LogP contribution in [0.4, 0.5) is 4.39 Å². The summed E-state index contributed by atoms with van der Waals surface area (Å²) in [5.41, 5.74) is 1.72. The van der Waals surface area contributed by atoms with E-state index >= 15 is 0 Å². The van der Waals surface area contributed by atoms with E-state index in [9.17, 15) is 9.18 Å². The lowest BCUT2D eigenvalue weighted by Crippen LogP contribution is -2.25. The number of aldehydes is 1. The highest BCUT2D eigenvalue weighted by Gasteiger charge is 2.28. The van der Waals surface area contributed by atoms with Gasteiger partial charge in [-0.2, -0.15) is 0 Å². The van der Waals surface area contributed by atoms with Crippen molar-refractivity contribution in [2.45, 2.75) is 44.3 Å². The normalized spacial score (nSPS) is 25.0. The first-order valence-electron chi connectivity index (χ1n) is 6.52. The van der Waals surface area contributed by atoms with Crippen LogP contribution in [0.3, 0.4) is 0 Å². The minimum absolute atomic E-state index is 0.0254. The average molecular weight is 282 g/mol. The molecule has 0 spiro atoms. The number of rotatable bonds is 3. The van der Waals surface area contributed by atoms with Crippen molar-refractivity contribution in [1.29, 1.82) is 0 Å². The maximum atomic E-state index is 13.8. The number of carbonyl (C=O) groups is 1. The monoisotopic (exact) mass is 281 g/mol. The molecule has 0 aliphatic heterocycles. The summed E-state index contributed by atoms with van der Waals surface area (Å²) in [6.45, 7) is 1.19. The van der Waals surface area contributed by atoms with E-state index in [1.165, 1.54) is 6.92 Å². The molecule has 2 atom stereocenters. The zero-order valence-electron chi connectivity index (χ0n) is 10.9. The molecule has 1 saturated carbocycles. The van der Waals surface area contributed by atoms with Crippen molar-refractivity contribution >= 4 is 23.6 Å². The molecule has 1 aliphatic carbocycles. The molecule has 1 fully saturated rings. The molecule has 0 aromatic heterocycles. The lowest BCUT2D eigenvalue weighted by Gasteiger charge is -2.26. The number of hydrogen-bond donors (Lipinski definition) is 0. The smallest absolute Gasteiger partial charge is 0.252 e. The molecule has 0 saturated heterocycles. The summed E-state index contributed by atoms with van der Waals surface area (Å²) in [5.74, 6) is -2.11. The molecule has 1 aliphatic rings. The lowest BCUT2D eigenvalue weighted by molar-refractivity contribution is -0.116. The van der Waals surface area contributed by atoms with E-state index < -0.39 is 5.79 Å². The van der Waals surface area contributed by atoms with Crippen LogP contribution in [0.1, 0.15) is 44.1 Å². The highest BCUT2D eigenvalue weighted by Crippen LogP contribution is 2.35. The minimum atomic E-state index is -2.13. The quantitative estimate of drug-likeness (QED) is 0.599. The number of halogens is 2. The van der Waals surface area contributed by atoms with Crippen LogP contribution in [0.5, 0.6) is 0 Å². The van der Waals surface area contributed by atoms with Crippen molar-refractivity contribution in [3.05, 3.63) is 34.9 Å². The summed E-state index contributed by atoms with van der Waals surface area (Å²) >= 11 is 6.21. The van der Waals surface area contributed by atoms with E-state index in [0.717, 1.165) is 37.0 Å². The fourth-order valence-electron chi connectivity index (χ4n) is 2.53. The second kappa shape index (κ2) is 5.83. The zero-order valence-corrected chi connectivity index (χ0v) is 11.7. The van der Waals surface area contributed by atoms with Crippen LogP contribution in [-0.2, 0) is 4.79 Å². The first kappa shape index (κ1) is 14.2. The second-order valence-electron chi connectivity index (χ2n) is 5.06. The topological polar surface area (TPSA) is 29.4 Å². The standard InChI is InChI=1S/C15H17ClFNO/c1-15(17,10-19)18-14-9-5-3-7-12(14)11-6-2-4-8-13(11)16/h2,4,6,8,10,12H,3,5,7,9H2,1H3/b18-14-. The average Bonchev–Trinajstić information content (AvgIpc) is 2.40. The highest BCUT2D eigenvalue weighted by molar-refractivity contribution is 6.31. The van der Waals surface area contributed by atoms with Crippen LogP contribution >= 0.6 is 11.6 Å². The number of alkyl halides is 1. The van der Waals surface area contributed by atoms with E-state index in [2.05, 4.69) is 4.99 Å². The minimum Gasteiger partial charge on any atom is -0.298 e. The van der Waals surface area contributed by atoms with Gasteiger partial charge in [0, 0.05) is 16.7 Å². The Morgan fingerprint density at radius 3 is 2.84 bits per heavy atom. The SMILES string of the molecule is CC(F)(C=O)/N=C1/CCCCC1c1ccccc1Cl. The van der Waals surface area contributed by atoms with E-state index in [1.807, 2.05) is 24.3 Å². The molecule has 0 N–H and O–H groups in total. The van der Waals surface area contributed by atoms with Gasteiger partial charge in [-0.05, 0) is 37.8 Å². The van der Waals surface area contributed by atoms with Crippen molar-refractivity contribution in [2.24, 2.45) is 4.99 Å². The third-order valence-electron chi connectivity index (χ3n) is 3.44. The number of benzene rings is 1. The fraction of sp³-hybridized carbons (Fsp3) is 0.467. The summed E-state index contributed by atoms with van der Waals surface area (Å²) in [6, 6.07) is 7.57. The Bertz CT molecular complexity index is 499. The van der Waals surface area contributed by atoms with Crippen molar-refractivity contribution in [1.82, 2.24) is 0 Å². The van der Waals surface area contributed by atoms with E-state index in [-0.39, 0.29) is 12.2 Å². The molecule has 0 radical (unpaired) electrons. The van der Waals surface area contributed by atoms with Crippen molar-refractivity contribution in [3.8, 4) is 0 Å². The van der Waals surface area contributed by atoms with Gasteiger partial charge in [0.25, 0.3) is 5.79 Å². The van der Waals surface area contributed by atoms with Gasteiger partial charge in [-0.1, -0.05) is 36.2 Å². The summed E-state index contributed by atoms with van der Waals surface area (Å²) in [4.78, 5) is 14.7. The summed E-state index contributed by atoms with van der Waals surface area (Å²) < 4.78 is 13.8. The van der Waals surface area contributed by atoms with Gasteiger partial charge in [-0.15, -0.1) is 0 Å². The predicted octanol–water partition coefficient (Wildman–Crippen LogP) is 4.32. The number of hydrogen-bond acceptors (Lipinski definition) is 2. The highest BCUT2D eigenvalue weighted by atomic mass is 35.5. The molecule has 0 bridgehead atoms. The van der Waals surface area contributed by atoms with E-state index in [1.54, 1.807) is 0 Å². The number of aliphatic imine (C=N–C) groups is 1. The van der Waals surface area contributed by atoms with Crippen LogP contribution in [0.25, 0.3) is 0 Å². The summed E-state index contributed by atoms with van der Waals surface area (Å²) in [5, 5.41) is 0.675. The van der Waals surface area contributed by atoms with Crippen molar-refractivity contribution in [3.63, 3.8) is 0 Å². The van der Waals surface area contributed by atoms with Gasteiger partial charge in [0.05, 0.1) is 0 Å². The Kier molecular flexibility index (Phi) is 4.35. The third-order valence-corrected chi connectivity index (χ3v) is 3.78. The molecule has 2 unspecified atom stereocenters. The van der Waals surface area contributed by atoms with Crippen molar-refractivity contribution < 1.29 is 9.18 Å². The first-order valence-corrected chi connectivity index (χ1v) is 6.89. The zero-order chi connectivity index (χ0) is 13.9. The predicted molar refractivity (Wildman–Crippen MR) is 75.7 cm³/mol. The number of nitrogens with zero attached hydrogens (tertiary/aromatic N) is 1. The Morgan fingerprint density at radius 1 is 1.42 bits per heavy atom. The largest absolute Gasteiger partial charge is 0.298 e. The van der Waals surface area contributed by atoms with E-state index in [4.69, 9.17) is 11.6 Å². The lowest BCUT2D eigenvalue weighted by atomic mass is 9.82. The van der Waals surface area contributed by atoms with Gasteiger partial charge in [0.2, 0.25) is 0 Å². The second-order valence-corrected chi connectivity index (χ2v) is 5.47. The first-order chi connectivity index (χ1) is 9.03. The van der Waals surface area contributed by atoms with Gasteiger partial charge >= 0.3 is 0 Å². The van der Waals surface area contributed by atoms with Crippen LogP contribution in [0.15, 0.2) is 29.3 Å². The molecule has 19 heavy (non-hydrogen) atoms. The maximum absolute atomic E-state index is 13.8.